The Morgan fingerprint density at radius 1 is 1.07 bits per heavy atom. The lowest BCUT2D eigenvalue weighted by atomic mass is 9.92. The van der Waals surface area contributed by atoms with E-state index in [4.69, 9.17) is 0 Å². The Balaban J connectivity index is 1.37. The Morgan fingerprint density at radius 3 is 2.52 bits per heavy atom. The summed E-state index contributed by atoms with van der Waals surface area (Å²) in [6.45, 7) is 8.20. The highest BCUT2D eigenvalue weighted by atomic mass is 32.2. The zero-order chi connectivity index (χ0) is 20.6. The summed E-state index contributed by atoms with van der Waals surface area (Å²) in [6.07, 6.45) is 1.61. The second-order valence-corrected chi connectivity index (χ2v) is 10.2. The fraction of sp³-hybridized carbons (Fsp3) is 0.381. The van der Waals surface area contributed by atoms with Crippen LogP contribution in [0.1, 0.15) is 26.5 Å². The molecule has 0 unspecified atom stereocenters. The lowest BCUT2D eigenvalue weighted by Gasteiger charge is -2.40. The Morgan fingerprint density at radius 2 is 1.83 bits per heavy atom. The molecule has 2 aromatic heterocycles. The number of rotatable bonds is 5. The molecule has 1 fully saturated rings. The fourth-order valence-corrected chi connectivity index (χ4v) is 4.67. The summed E-state index contributed by atoms with van der Waals surface area (Å²) < 4.78 is 28.3. The molecule has 7 nitrogen and oxygen atoms in total. The maximum absolute atomic E-state index is 12.8. The first-order valence-corrected chi connectivity index (χ1v) is 11.1. The van der Waals surface area contributed by atoms with Crippen LogP contribution in [-0.4, -0.2) is 43.2 Å². The molecule has 0 radical (unpaired) electrons. The van der Waals surface area contributed by atoms with E-state index < -0.39 is 10.0 Å². The van der Waals surface area contributed by atoms with Gasteiger partial charge in [0.15, 0.2) is 5.82 Å². The Labute approximate surface area is 171 Å². The minimum atomic E-state index is -3.62. The van der Waals surface area contributed by atoms with Crippen molar-refractivity contribution in [2.45, 2.75) is 31.1 Å². The van der Waals surface area contributed by atoms with Gasteiger partial charge in [0.1, 0.15) is 4.90 Å². The first-order chi connectivity index (χ1) is 13.7. The van der Waals surface area contributed by atoms with Gasteiger partial charge >= 0.3 is 0 Å². The molecule has 3 heterocycles. The van der Waals surface area contributed by atoms with Crippen molar-refractivity contribution >= 4 is 26.7 Å². The second kappa shape index (κ2) is 7.35. The van der Waals surface area contributed by atoms with Crippen LogP contribution in [0.4, 0.5) is 5.82 Å². The van der Waals surface area contributed by atoms with Gasteiger partial charge in [0.05, 0.1) is 11.2 Å². The highest BCUT2D eigenvalue weighted by Crippen LogP contribution is 2.25. The standard InChI is InChI=1S/C21H25N5O2S/c1-21(2,3)18-9-10-19(25-24-18)26-13-15(14-26)12-23-29(27,28)17-8-4-6-16-7-5-11-22-20(16)17/h4-11,15,23H,12-14H2,1-3H3. The third-order valence-electron chi connectivity index (χ3n) is 5.15. The number of benzene rings is 1. The van der Waals surface area contributed by atoms with Crippen molar-refractivity contribution in [3.63, 3.8) is 0 Å². The van der Waals surface area contributed by atoms with Crippen molar-refractivity contribution in [2.24, 2.45) is 5.92 Å². The molecule has 1 N–H and O–H groups in total. The van der Waals surface area contributed by atoms with Gasteiger partial charge in [0.2, 0.25) is 10.0 Å². The fourth-order valence-electron chi connectivity index (χ4n) is 3.38. The molecule has 0 spiro atoms. The molecule has 3 aromatic rings. The lowest BCUT2D eigenvalue weighted by Crippen LogP contribution is -2.51. The van der Waals surface area contributed by atoms with Gasteiger partial charge in [-0.25, -0.2) is 13.1 Å². The van der Waals surface area contributed by atoms with E-state index in [2.05, 4.69) is 45.6 Å². The SMILES string of the molecule is CC(C)(C)c1ccc(N2CC(CNS(=O)(=O)c3cccc4cccnc34)C2)nn1. The predicted molar refractivity (Wildman–Crippen MR) is 113 cm³/mol. The molecule has 8 heteroatoms. The summed E-state index contributed by atoms with van der Waals surface area (Å²) in [5.74, 6) is 1.06. The van der Waals surface area contributed by atoms with Gasteiger partial charge in [-0.3, -0.25) is 4.98 Å². The molecular weight excluding hydrogens is 386 g/mol. The average molecular weight is 412 g/mol. The largest absolute Gasteiger partial charge is 0.354 e. The smallest absolute Gasteiger partial charge is 0.242 e. The van der Waals surface area contributed by atoms with E-state index in [-0.39, 0.29) is 16.2 Å². The zero-order valence-corrected chi connectivity index (χ0v) is 17.6. The summed E-state index contributed by atoms with van der Waals surface area (Å²) in [4.78, 5) is 6.57. The van der Waals surface area contributed by atoms with Crippen LogP contribution in [0.5, 0.6) is 0 Å². The van der Waals surface area contributed by atoms with Gasteiger partial charge in [0.25, 0.3) is 0 Å². The van der Waals surface area contributed by atoms with Gasteiger partial charge in [0, 0.05) is 42.6 Å². The van der Waals surface area contributed by atoms with Crippen LogP contribution in [0.2, 0.25) is 0 Å². The second-order valence-electron chi connectivity index (χ2n) is 8.48. The Bertz CT molecular complexity index is 1110. The van der Waals surface area contributed by atoms with E-state index in [1.165, 1.54) is 0 Å². The van der Waals surface area contributed by atoms with Crippen LogP contribution >= 0.6 is 0 Å². The van der Waals surface area contributed by atoms with Gasteiger partial charge in [-0.05, 0) is 24.3 Å². The number of para-hydroxylation sites is 1. The molecule has 152 valence electrons. The molecule has 0 saturated carbocycles. The lowest BCUT2D eigenvalue weighted by molar-refractivity contribution is 0.401. The highest BCUT2D eigenvalue weighted by Gasteiger charge is 2.30. The Hall–Kier alpha value is -2.58. The van der Waals surface area contributed by atoms with E-state index in [9.17, 15) is 8.42 Å². The third kappa shape index (κ3) is 4.09. The number of aromatic nitrogens is 3. The van der Waals surface area contributed by atoms with Crippen molar-refractivity contribution < 1.29 is 8.42 Å². The van der Waals surface area contributed by atoms with E-state index in [0.29, 0.717) is 12.1 Å². The molecule has 0 aliphatic carbocycles. The summed E-state index contributed by atoms with van der Waals surface area (Å²) in [5.41, 5.74) is 1.42. The van der Waals surface area contributed by atoms with Crippen LogP contribution in [0, 0.1) is 5.92 Å². The summed E-state index contributed by atoms with van der Waals surface area (Å²) in [6, 6.07) is 12.8. The number of pyridine rings is 1. The van der Waals surface area contributed by atoms with E-state index in [1.807, 2.05) is 24.3 Å². The summed E-state index contributed by atoms with van der Waals surface area (Å²) >= 11 is 0. The molecule has 1 aliphatic heterocycles. The minimum Gasteiger partial charge on any atom is -0.354 e. The molecule has 0 atom stereocenters. The number of sulfonamides is 1. The monoisotopic (exact) mass is 411 g/mol. The minimum absolute atomic E-state index is 0.0300. The number of anilines is 1. The van der Waals surface area contributed by atoms with E-state index >= 15 is 0 Å². The number of hydrogen-bond donors (Lipinski definition) is 1. The molecule has 4 rings (SSSR count). The number of nitrogens with zero attached hydrogens (tertiary/aromatic N) is 4. The molecule has 1 aromatic carbocycles. The average Bonchev–Trinajstić information content (AvgIpc) is 2.66. The van der Waals surface area contributed by atoms with E-state index in [0.717, 1.165) is 30.0 Å². The maximum atomic E-state index is 12.8. The topological polar surface area (TPSA) is 88.1 Å². The summed E-state index contributed by atoms with van der Waals surface area (Å²) in [5, 5.41) is 9.45. The molecule has 1 saturated heterocycles. The number of hydrogen-bond acceptors (Lipinski definition) is 6. The Kier molecular flexibility index (Phi) is 5.00. The van der Waals surface area contributed by atoms with Crippen molar-refractivity contribution in [2.75, 3.05) is 24.5 Å². The third-order valence-corrected chi connectivity index (χ3v) is 6.60. The van der Waals surface area contributed by atoms with Crippen LogP contribution < -0.4 is 9.62 Å². The quantitative estimate of drug-likeness (QED) is 0.695. The van der Waals surface area contributed by atoms with Gasteiger partial charge in [-0.2, -0.15) is 5.10 Å². The van der Waals surface area contributed by atoms with Crippen molar-refractivity contribution in [3.8, 4) is 0 Å². The molecule has 29 heavy (non-hydrogen) atoms. The van der Waals surface area contributed by atoms with E-state index in [1.54, 1.807) is 24.4 Å². The molecule has 1 aliphatic rings. The normalized spacial score (nSPS) is 15.5. The van der Waals surface area contributed by atoms with Crippen LogP contribution in [0.15, 0.2) is 53.6 Å². The van der Waals surface area contributed by atoms with Crippen molar-refractivity contribution in [3.05, 3.63) is 54.4 Å². The predicted octanol–water partition coefficient (Wildman–Crippen LogP) is 2.74. The van der Waals surface area contributed by atoms with Gasteiger partial charge < -0.3 is 4.90 Å². The van der Waals surface area contributed by atoms with Crippen LogP contribution in [0.25, 0.3) is 10.9 Å². The van der Waals surface area contributed by atoms with Crippen LogP contribution in [-0.2, 0) is 15.4 Å². The first kappa shape index (κ1) is 19.7. The van der Waals surface area contributed by atoms with Gasteiger partial charge in [-0.15, -0.1) is 5.10 Å². The first-order valence-electron chi connectivity index (χ1n) is 9.67. The zero-order valence-electron chi connectivity index (χ0n) is 16.8. The number of fused-ring (bicyclic) bond motifs is 1. The molecule has 0 bridgehead atoms. The van der Waals surface area contributed by atoms with Crippen molar-refractivity contribution in [1.29, 1.82) is 0 Å². The van der Waals surface area contributed by atoms with Crippen LogP contribution in [0.3, 0.4) is 0 Å². The maximum Gasteiger partial charge on any atom is 0.242 e. The van der Waals surface area contributed by atoms with Crippen molar-refractivity contribution in [1.82, 2.24) is 19.9 Å². The molecule has 0 amide bonds. The number of nitrogens with one attached hydrogen (secondary N) is 1. The van der Waals surface area contributed by atoms with Gasteiger partial charge in [-0.1, -0.05) is 39.0 Å². The summed E-state index contributed by atoms with van der Waals surface area (Å²) in [7, 11) is -3.62. The highest BCUT2D eigenvalue weighted by molar-refractivity contribution is 7.89. The molecular formula is C21H25N5O2S.